The topological polar surface area (TPSA) is 244 Å². The third-order valence-corrected chi connectivity index (χ3v) is 16.7. The average Bonchev–Trinajstić information content (AvgIpc) is 3.38. The Morgan fingerprint density at radius 1 is 0.933 bits per heavy atom. The zero-order chi connectivity index (χ0) is 55.1. The van der Waals surface area contributed by atoms with E-state index in [-0.39, 0.29) is 67.8 Å². The van der Waals surface area contributed by atoms with Crippen molar-refractivity contribution in [1.29, 1.82) is 0 Å². The Bertz CT molecular complexity index is 2330. The second-order valence-corrected chi connectivity index (χ2v) is 22.8. The molecule has 3 fully saturated rings. The van der Waals surface area contributed by atoms with Gasteiger partial charge in [0.15, 0.2) is 5.78 Å². The molecule has 75 heavy (non-hydrogen) atoms. The molecule has 1 aliphatic carbocycles. The van der Waals surface area contributed by atoms with Crippen molar-refractivity contribution in [2.24, 2.45) is 40.6 Å². The van der Waals surface area contributed by atoms with E-state index in [4.69, 9.17) is 29.2 Å². The fraction of sp³-hybridized carbons (Fsp3) is 0.667. The Kier molecular flexibility index (Phi) is 23.9. The van der Waals surface area contributed by atoms with Crippen LogP contribution in [0.2, 0.25) is 0 Å². The van der Waals surface area contributed by atoms with Gasteiger partial charge in [0, 0.05) is 59.8 Å². The monoisotopic (exact) mass is 1150 g/mol. The third-order valence-electron chi connectivity index (χ3n) is 15.8. The van der Waals surface area contributed by atoms with Gasteiger partial charge in [-0.05, 0) is 147 Å². The van der Waals surface area contributed by atoms with Crippen LogP contribution in [0.3, 0.4) is 0 Å². The number of allylic oxidation sites excluding steroid dienone is 6. The molecule has 3 aliphatic heterocycles. The fourth-order valence-electron chi connectivity index (χ4n) is 11.0. The minimum atomic E-state index is -2.51. The van der Waals surface area contributed by atoms with Gasteiger partial charge in [-0.2, -0.15) is 0 Å². The lowest BCUT2D eigenvalue weighted by atomic mass is 9.78. The summed E-state index contributed by atoms with van der Waals surface area (Å²) < 4.78 is 31.1. The van der Waals surface area contributed by atoms with Gasteiger partial charge in [0.2, 0.25) is 5.79 Å². The van der Waals surface area contributed by atoms with Crippen LogP contribution in [0.1, 0.15) is 131 Å². The number of benzene rings is 1. The van der Waals surface area contributed by atoms with Gasteiger partial charge < -0.3 is 43.9 Å². The van der Waals surface area contributed by atoms with Crippen molar-refractivity contribution in [3.63, 3.8) is 0 Å². The number of methoxy groups -OCH3 is 2. The van der Waals surface area contributed by atoms with Crippen molar-refractivity contribution in [2.45, 2.75) is 187 Å². The van der Waals surface area contributed by atoms with Crippen LogP contribution in [0.5, 0.6) is 0 Å². The van der Waals surface area contributed by atoms with E-state index in [1.807, 2.05) is 63.3 Å². The summed E-state index contributed by atoms with van der Waals surface area (Å²) in [4.78, 5) is 75.7. The average molecular weight is 1160 g/mol. The number of aliphatic hydroxyl groups is 3. The molecule has 1 aromatic rings. The second kappa shape index (κ2) is 29.0. The van der Waals surface area contributed by atoms with Gasteiger partial charge in [0.1, 0.15) is 30.1 Å². The standard InChI is InChI=1S/C57H81IN4O13/c1-33-15-11-10-12-16-34(2)48(73-32-41-19-22-44(60-61-59)43(58)28-41)30-42-21-18-39(7)57(70,75-42)54(67)55(68)62-24-14-13-17-45(62)56(69)74-49(36(4)27-40-20-23-46(63)50(29-40)71-8)31-47(64)35(3)26-38(6)52(66)53(72-9)51(65)37(5)25-33/h10-12,15-16,19,22,26,28,33,35-37,39-40,42,45-46,48-50,52-53,63,66,70H,13-14,17-18,20-21,23-25,27,29-32H2,1-9H3/b12-10+,15-11-,34-16+,38-26+/t33-,35-,36-,37-,39-,40+,42+,45+,46-,48-,49+,50-,52-,53+,57-/m1/s1/i58-2. The van der Waals surface area contributed by atoms with E-state index < -0.39 is 83.9 Å². The number of halogens is 1. The minimum Gasteiger partial charge on any atom is -0.460 e. The van der Waals surface area contributed by atoms with Crippen LogP contribution in [0, 0.1) is 39.1 Å². The predicted octanol–water partition coefficient (Wildman–Crippen LogP) is 9.30. The molecule has 0 unspecified atom stereocenters. The Morgan fingerprint density at radius 3 is 2.37 bits per heavy atom. The molecule has 4 aliphatic rings. The molecule has 18 heteroatoms. The Hall–Kier alpha value is -4.11. The van der Waals surface area contributed by atoms with E-state index in [1.54, 1.807) is 46.9 Å². The lowest BCUT2D eigenvalue weighted by molar-refractivity contribution is -0.266. The quantitative estimate of drug-likeness (QED) is 0.0397. The third kappa shape index (κ3) is 16.7. The van der Waals surface area contributed by atoms with Crippen molar-refractivity contribution in [3.05, 3.63) is 85.4 Å². The van der Waals surface area contributed by atoms with Crippen molar-refractivity contribution in [3.8, 4) is 0 Å². The molecule has 414 valence electrons. The number of piperidine rings is 1. The molecular weight excluding hydrogens is 1070 g/mol. The normalized spacial score (nSPS) is 36.4. The Labute approximate surface area is 456 Å². The summed E-state index contributed by atoms with van der Waals surface area (Å²) in [5.41, 5.74) is 11.5. The van der Waals surface area contributed by atoms with E-state index in [2.05, 4.69) is 32.6 Å². The molecule has 17 nitrogen and oxygen atoms in total. The number of cyclic esters (lactones) is 1. The number of Topliss-reactive ketones (excluding diaryl/α,β-unsaturated/α-hetero) is 3. The molecular formula is C57H81IN4O13. The zero-order valence-corrected chi connectivity index (χ0v) is 47.4. The molecule has 1 amide bonds. The van der Waals surface area contributed by atoms with Crippen molar-refractivity contribution < 1.29 is 63.0 Å². The fourth-order valence-corrected chi connectivity index (χ4v) is 11.7. The molecule has 0 aromatic heterocycles. The number of ketones is 3. The van der Waals surface area contributed by atoms with E-state index >= 15 is 0 Å². The summed E-state index contributed by atoms with van der Waals surface area (Å²) >= 11 is 2.10. The maximum atomic E-state index is 14.5. The number of amides is 1. The van der Waals surface area contributed by atoms with Gasteiger partial charge in [0.25, 0.3) is 11.7 Å². The van der Waals surface area contributed by atoms with Crippen LogP contribution in [-0.2, 0) is 54.3 Å². The smallest absolute Gasteiger partial charge is 0.329 e. The van der Waals surface area contributed by atoms with Crippen LogP contribution in [0.4, 0.5) is 5.69 Å². The second-order valence-electron chi connectivity index (χ2n) is 21.6. The predicted molar refractivity (Wildman–Crippen MR) is 291 cm³/mol. The zero-order valence-electron chi connectivity index (χ0n) is 45.3. The molecule has 15 atom stereocenters. The first-order valence-electron chi connectivity index (χ1n) is 26.7. The number of nitrogens with zero attached hydrogens (tertiary/aromatic N) is 4. The molecule has 2 saturated heterocycles. The molecule has 5 rings (SSSR count). The highest BCUT2D eigenvalue weighted by Crippen LogP contribution is 2.38. The highest BCUT2D eigenvalue weighted by molar-refractivity contribution is 14.1. The molecule has 0 spiro atoms. The number of azide groups is 1. The summed E-state index contributed by atoms with van der Waals surface area (Å²) in [6, 6.07) is 4.20. The number of fused-ring (bicyclic) bond motifs is 3. The molecule has 3 heterocycles. The maximum Gasteiger partial charge on any atom is 0.329 e. The highest BCUT2D eigenvalue weighted by Gasteiger charge is 2.53. The lowest BCUT2D eigenvalue weighted by Crippen LogP contribution is -2.61. The van der Waals surface area contributed by atoms with E-state index in [1.165, 1.54) is 12.0 Å². The van der Waals surface area contributed by atoms with Crippen LogP contribution >= 0.6 is 22.6 Å². The SMILES string of the molecule is CO[C@@H]1C[C@H](C[C@@H](C)[C@@H]2CC(=O)[C@H](C)/C=C(\C)[C@@H](O)[C@@H](OC)C(=O)[C@H](C)C[C@H](C)\C=C/C=C/C=C(\C)[C@H](OCc3ccc(N=[N+]=[N-])c([125I])c3)C[C@@H]3CC[C@@H](C)[C@@](O)(O3)C(=O)C(=O)N3CCCC[C@H]3C(=O)O2)CC[C@H]1O. The lowest BCUT2D eigenvalue weighted by Gasteiger charge is -2.43. The van der Waals surface area contributed by atoms with Crippen LogP contribution < -0.4 is 0 Å². The molecule has 1 aromatic carbocycles. The van der Waals surface area contributed by atoms with E-state index in [0.29, 0.717) is 69.0 Å². The van der Waals surface area contributed by atoms with E-state index in [9.17, 15) is 39.3 Å². The first-order valence-corrected chi connectivity index (χ1v) is 27.8. The van der Waals surface area contributed by atoms with Crippen LogP contribution in [0.25, 0.3) is 10.4 Å². The van der Waals surface area contributed by atoms with Gasteiger partial charge in [-0.1, -0.05) is 88.3 Å². The largest absolute Gasteiger partial charge is 0.460 e. The number of carbonyl (C=O) groups is 5. The summed E-state index contributed by atoms with van der Waals surface area (Å²) in [7, 11) is 2.93. The summed E-state index contributed by atoms with van der Waals surface area (Å²) in [6.07, 6.45) is 10.3. The number of hydrogen-bond donors (Lipinski definition) is 3. The molecule has 1 saturated carbocycles. The minimum absolute atomic E-state index is 0.0294. The number of aliphatic hydroxyl groups excluding tert-OH is 2. The maximum absolute atomic E-state index is 14.5. The van der Waals surface area contributed by atoms with Crippen molar-refractivity contribution in [1.82, 2.24) is 4.90 Å². The highest BCUT2D eigenvalue weighted by atomic mass is 125. The summed E-state index contributed by atoms with van der Waals surface area (Å²) in [5.74, 6) is -8.40. The first-order chi connectivity index (χ1) is 35.6. The van der Waals surface area contributed by atoms with Gasteiger partial charge >= 0.3 is 5.97 Å². The first kappa shape index (κ1) is 61.7. The molecule has 3 N–H and O–H groups in total. The molecule has 0 radical (unpaired) electrons. The van der Waals surface area contributed by atoms with Gasteiger partial charge in [-0.25, -0.2) is 4.79 Å². The van der Waals surface area contributed by atoms with Crippen molar-refractivity contribution >= 4 is 57.5 Å². The van der Waals surface area contributed by atoms with E-state index in [0.717, 1.165) is 14.7 Å². The number of hydrogen-bond acceptors (Lipinski definition) is 14. The van der Waals surface area contributed by atoms with Crippen molar-refractivity contribution in [2.75, 3.05) is 20.8 Å². The van der Waals surface area contributed by atoms with Gasteiger partial charge in [0.05, 0.1) is 36.7 Å². The Balaban J connectivity index is 1.50. The molecule has 2 bridgehead atoms. The number of ether oxygens (including phenoxy) is 5. The summed E-state index contributed by atoms with van der Waals surface area (Å²) in [5, 5.41) is 38.0. The number of carbonyl (C=O) groups excluding carboxylic acids is 5. The number of rotatable bonds is 9. The summed E-state index contributed by atoms with van der Waals surface area (Å²) in [6.45, 7) is 12.8. The van der Waals surface area contributed by atoms with Gasteiger partial charge in [-0.3, -0.25) is 19.2 Å². The van der Waals surface area contributed by atoms with Gasteiger partial charge in [-0.15, -0.1) is 0 Å². The van der Waals surface area contributed by atoms with Crippen LogP contribution in [0.15, 0.2) is 70.9 Å². The Morgan fingerprint density at radius 2 is 1.68 bits per heavy atom. The van der Waals surface area contributed by atoms with Crippen LogP contribution in [-0.4, -0.2) is 125 Å². The number of esters is 1.